The zero-order chi connectivity index (χ0) is 49.4. The van der Waals surface area contributed by atoms with Crippen molar-refractivity contribution in [1.29, 1.82) is 5.26 Å². The molecule has 1 aliphatic heterocycles. The maximum atomic E-state index is 13.8. The summed E-state index contributed by atoms with van der Waals surface area (Å²) in [6.07, 6.45) is -4.61. The van der Waals surface area contributed by atoms with Gasteiger partial charge in [-0.1, -0.05) is 54.6 Å². The van der Waals surface area contributed by atoms with Crippen LogP contribution < -0.4 is 26.0 Å². The van der Waals surface area contributed by atoms with Crippen LogP contribution >= 0.6 is 8.53 Å². The molecule has 0 bridgehead atoms. The van der Waals surface area contributed by atoms with E-state index in [1.165, 1.54) is 6.20 Å². The van der Waals surface area contributed by atoms with E-state index in [-0.39, 0.29) is 64.1 Å². The van der Waals surface area contributed by atoms with Gasteiger partial charge in [0.2, 0.25) is 0 Å². The van der Waals surface area contributed by atoms with Gasteiger partial charge in [0.25, 0.3) is 14.1 Å². The number of alkyl carbamates (subject to hydrolysis) is 1. The summed E-state index contributed by atoms with van der Waals surface area (Å²) in [5.41, 5.74) is -1.24. The van der Waals surface area contributed by atoms with Gasteiger partial charge >= 0.3 is 17.8 Å². The fourth-order valence-corrected chi connectivity index (χ4v) is 9.30. The Balaban J connectivity index is 1.58. The summed E-state index contributed by atoms with van der Waals surface area (Å²) < 4.78 is 58.7. The SMILES string of the molecule is COc1ccc(C(OC[C@H]2O[C@@H](n3ccc(=O)[nH]c3=O)[C@H](OC(=O)NCCOCCOC(=O)C(C)(C)C)[C@@H]2OP(OCCC#N)N(C(C)C)C(C)C)(c2ccccc2)c2ccc(OC)cc2)cc1. The van der Waals surface area contributed by atoms with Gasteiger partial charge in [-0.25, -0.2) is 14.3 Å². The number of rotatable bonds is 24. The summed E-state index contributed by atoms with van der Waals surface area (Å²) in [5.74, 6) is 0.890. The van der Waals surface area contributed by atoms with Crippen molar-refractivity contribution in [1.82, 2.24) is 19.5 Å². The summed E-state index contributed by atoms with van der Waals surface area (Å²) in [7, 11) is 1.16. The predicted molar refractivity (Wildman–Crippen MR) is 253 cm³/mol. The monoisotopic (exact) mass is 961 g/mol. The number of carbonyl (C=O) groups excluding carboxylic acids is 2. The van der Waals surface area contributed by atoms with Gasteiger partial charge in [0.05, 0.1) is 58.6 Å². The number of amides is 1. The van der Waals surface area contributed by atoms with Crippen LogP contribution in [0.4, 0.5) is 4.79 Å². The number of methoxy groups -OCH3 is 2. The second-order valence-electron chi connectivity index (χ2n) is 17.3. The molecule has 0 radical (unpaired) electrons. The van der Waals surface area contributed by atoms with Crippen molar-refractivity contribution in [2.45, 2.75) is 97.1 Å². The molecule has 19 heteroatoms. The molecule has 5 rings (SSSR count). The molecule has 2 N–H and O–H groups in total. The number of benzene rings is 3. The first-order chi connectivity index (χ1) is 32.5. The highest BCUT2D eigenvalue weighted by atomic mass is 31.2. The summed E-state index contributed by atoms with van der Waals surface area (Å²) in [4.78, 5) is 54.2. The largest absolute Gasteiger partial charge is 0.497 e. The summed E-state index contributed by atoms with van der Waals surface area (Å²) in [5, 5.41) is 12.2. The molecule has 68 heavy (non-hydrogen) atoms. The molecule has 0 spiro atoms. The minimum Gasteiger partial charge on any atom is -0.497 e. The zero-order valence-electron chi connectivity index (χ0n) is 40.2. The highest BCUT2D eigenvalue weighted by molar-refractivity contribution is 7.44. The second kappa shape index (κ2) is 25.1. The van der Waals surface area contributed by atoms with E-state index in [4.69, 9.17) is 42.2 Å². The number of hydrogen-bond donors (Lipinski definition) is 2. The Bertz CT molecular complexity index is 2310. The highest BCUT2D eigenvalue weighted by Crippen LogP contribution is 2.51. The summed E-state index contributed by atoms with van der Waals surface area (Å²) >= 11 is 0. The molecule has 0 saturated carbocycles. The second-order valence-corrected chi connectivity index (χ2v) is 18.7. The Morgan fingerprint density at radius 2 is 1.44 bits per heavy atom. The van der Waals surface area contributed by atoms with Crippen LogP contribution in [0.5, 0.6) is 11.5 Å². The van der Waals surface area contributed by atoms with Crippen LogP contribution in [0.25, 0.3) is 0 Å². The number of nitriles is 1. The van der Waals surface area contributed by atoms with Crippen molar-refractivity contribution in [3.8, 4) is 17.6 Å². The number of H-pyrrole nitrogens is 1. The van der Waals surface area contributed by atoms with Gasteiger partial charge in [0, 0.05) is 30.9 Å². The number of aromatic nitrogens is 2. The van der Waals surface area contributed by atoms with Crippen LogP contribution in [0.2, 0.25) is 0 Å². The molecule has 1 aliphatic rings. The molecule has 1 aromatic heterocycles. The predicted octanol–water partition coefficient (Wildman–Crippen LogP) is 6.82. The minimum absolute atomic E-state index is 0.00272. The van der Waals surface area contributed by atoms with E-state index < -0.39 is 61.4 Å². The number of nitrogens with one attached hydrogen (secondary N) is 2. The molecule has 5 atom stereocenters. The number of hydrogen-bond acceptors (Lipinski definition) is 15. The highest BCUT2D eigenvalue weighted by Gasteiger charge is 2.53. The fraction of sp³-hybridized carbons (Fsp3) is 0.490. The Morgan fingerprint density at radius 1 is 0.838 bits per heavy atom. The molecule has 0 aliphatic carbocycles. The Kier molecular flexibility index (Phi) is 19.7. The first-order valence-electron chi connectivity index (χ1n) is 22.4. The molecule has 1 unspecified atom stereocenters. The van der Waals surface area contributed by atoms with Crippen LogP contribution in [-0.2, 0) is 43.1 Å². The lowest BCUT2D eigenvalue weighted by Gasteiger charge is -2.39. The molecule has 18 nitrogen and oxygen atoms in total. The van der Waals surface area contributed by atoms with E-state index in [0.717, 1.165) is 27.3 Å². The van der Waals surface area contributed by atoms with Crippen LogP contribution in [0, 0.1) is 16.7 Å². The van der Waals surface area contributed by atoms with Gasteiger partial charge in [-0.3, -0.25) is 19.1 Å². The summed E-state index contributed by atoms with van der Waals surface area (Å²) in [6, 6.07) is 27.6. The van der Waals surface area contributed by atoms with E-state index in [0.29, 0.717) is 11.5 Å². The van der Waals surface area contributed by atoms with Crippen LogP contribution in [0.15, 0.2) is 101 Å². The number of ether oxygens (including phenoxy) is 7. The van der Waals surface area contributed by atoms with Crippen molar-refractivity contribution in [2.24, 2.45) is 5.41 Å². The topological polar surface area (TPSA) is 211 Å². The lowest BCUT2D eigenvalue weighted by Crippen LogP contribution is -2.45. The van der Waals surface area contributed by atoms with Gasteiger partial charge in [-0.2, -0.15) is 5.26 Å². The molecule has 2 heterocycles. The van der Waals surface area contributed by atoms with E-state index >= 15 is 0 Å². The average Bonchev–Trinajstić information content (AvgIpc) is 3.63. The van der Waals surface area contributed by atoms with E-state index in [1.54, 1.807) is 35.0 Å². The Hall–Kier alpha value is -5.64. The van der Waals surface area contributed by atoms with Crippen molar-refractivity contribution >= 4 is 20.6 Å². The number of nitrogens with zero attached hydrogens (tertiary/aromatic N) is 3. The van der Waals surface area contributed by atoms with Gasteiger partial charge in [-0.05, 0) is 89.4 Å². The third kappa shape index (κ3) is 13.8. The minimum atomic E-state index is -2.01. The van der Waals surface area contributed by atoms with Gasteiger partial charge in [0.15, 0.2) is 12.3 Å². The fourth-order valence-electron chi connectivity index (χ4n) is 7.53. The molecule has 1 amide bonds. The molecule has 368 valence electrons. The van der Waals surface area contributed by atoms with Crippen LogP contribution in [0.1, 0.15) is 77.8 Å². The van der Waals surface area contributed by atoms with E-state index in [9.17, 15) is 24.4 Å². The van der Waals surface area contributed by atoms with E-state index in [2.05, 4.69) is 16.4 Å². The lowest BCUT2D eigenvalue weighted by molar-refractivity contribution is -0.154. The van der Waals surface area contributed by atoms with Crippen molar-refractivity contribution in [3.63, 3.8) is 0 Å². The molecule has 3 aromatic carbocycles. The summed E-state index contributed by atoms with van der Waals surface area (Å²) in [6.45, 7) is 13.2. The molecule has 1 fully saturated rings. The number of aromatic amines is 1. The van der Waals surface area contributed by atoms with Gasteiger partial charge in [0.1, 0.15) is 35.9 Å². The van der Waals surface area contributed by atoms with Gasteiger partial charge in [-0.15, -0.1) is 0 Å². The Labute approximate surface area is 398 Å². The van der Waals surface area contributed by atoms with Gasteiger partial charge < -0.3 is 47.5 Å². The first-order valence-corrected chi connectivity index (χ1v) is 23.6. The van der Waals surface area contributed by atoms with Crippen LogP contribution in [-0.4, -0.2) is 110 Å². The lowest BCUT2D eigenvalue weighted by atomic mass is 9.80. The third-order valence-corrected chi connectivity index (χ3v) is 12.9. The Morgan fingerprint density at radius 3 is 1.99 bits per heavy atom. The normalized spacial score (nSPS) is 17.8. The van der Waals surface area contributed by atoms with Crippen molar-refractivity contribution in [3.05, 3.63) is 129 Å². The number of carbonyl (C=O) groups is 2. The maximum Gasteiger partial charge on any atom is 0.407 e. The van der Waals surface area contributed by atoms with Crippen molar-refractivity contribution in [2.75, 3.05) is 53.8 Å². The standard InChI is InChI=1S/C49H64N5O13P/c1-33(2)54(34(3)4)68(64-28-13-25-50)67-42-40(32-63-49(35-14-11-10-12-15-35,36-16-20-38(59-8)21-17-36)37-18-22-39(60-9)23-19-37)65-44(53-27-24-41(55)52-46(53)57)43(42)66-47(58)51-26-29-61-30-31-62-45(56)48(5,6)7/h10-12,14-24,27,33-34,40,42-44H,13,26,28-32H2,1-9H3,(H,51,58)(H,52,55,57)/t40-,42-,43-,44-,68?/m1/s1. The third-order valence-electron chi connectivity index (χ3n) is 10.8. The first kappa shape index (κ1) is 53.3. The number of esters is 1. The molecule has 4 aromatic rings. The molecular formula is C49H64N5O13P. The van der Waals surface area contributed by atoms with E-state index in [1.807, 2.05) is 111 Å². The van der Waals surface area contributed by atoms with Crippen molar-refractivity contribution < 1.29 is 51.8 Å². The van der Waals surface area contributed by atoms with Crippen LogP contribution in [0.3, 0.4) is 0 Å². The maximum absolute atomic E-state index is 13.8. The average molecular weight is 962 g/mol. The molecule has 1 saturated heterocycles. The smallest absolute Gasteiger partial charge is 0.407 e. The quantitative estimate of drug-likeness (QED) is 0.0319. The molecular weight excluding hydrogens is 898 g/mol. The zero-order valence-corrected chi connectivity index (χ0v) is 41.1.